The van der Waals surface area contributed by atoms with E-state index in [1.54, 1.807) is 6.92 Å². The monoisotopic (exact) mass is 207 g/mol. The highest BCUT2D eigenvalue weighted by Gasteiger charge is 2.09. The summed E-state index contributed by atoms with van der Waals surface area (Å²) < 4.78 is 22.3. The zero-order valence-electron chi connectivity index (χ0n) is 8.84. The van der Waals surface area contributed by atoms with Gasteiger partial charge in [-0.2, -0.15) is 0 Å². The van der Waals surface area contributed by atoms with Gasteiger partial charge in [0.25, 0.3) is 0 Å². The van der Waals surface area contributed by atoms with Crippen LogP contribution in [-0.2, 0) is 9.84 Å². The number of hydrogen-bond acceptors (Lipinski definition) is 3. The van der Waals surface area contributed by atoms with Crippen molar-refractivity contribution in [3.05, 3.63) is 0 Å². The minimum atomic E-state index is -2.76. The fraction of sp³-hybridized carbons (Fsp3) is 1.00. The van der Waals surface area contributed by atoms with Crippen LogP contribution >= 0.6 is 0 Å². The molecule has 0 saturated heterocycles. The van der Waals surface area contributed by atoms with Crippen LogP contribution in [0.5, 0.6) is 0 Å². The van der Waals surface area contributed by atoms with Crippen molar-refractivity contribution < 1.29 is 8.42 Å². The van der Waals surface area contributed by atoms with Crippen molar-refractivity contribution in [1.29, 1.82) is 0 Å². The molecule has 0 aromatic rings. The third-order valence-electron chi connectivity index (χ3n) is 2.35. The summed E-state index contributed by atoms with van der Waals surface area (Å²) in [5, 5.41) is 3.16. The lowest BCUT2D eigenvalue weighted by molar-refractivity contribution is 0.500. The molecule has 0 amide bonds. The summed E-state index contributed by atoms with van der Waals surface area (Å²) in [6.07, 6.45) is 2.78. The average Bonchev–Trinajstić information content (AvgIpc) is 2.12. The molecule has 0 bridgehead atoms. The quantitative estimate of drug-likeness (QED) is 0.682. The first-order valence-corrected chi connectivity index (χ1v) is 6.75. The molecule has 0 heterocycles. The van der Waals surface area contributed by atoms with E-state index in [-0.39, 0.29) is 5.75 Å². The Morgan fingerprint density at radius 2 is 1.92 bits per heavy atom. The average molecular weight is 207 g/mol. The maximum atomic E-state index is 11.1. The Bertz CT molecular complexity index is 208. The van der Waals surface area contributed by atoms with Crippen molar-refractivity contribution in [2.24, 2.45) is 0 Å². The fourth-order valence-corrected chi connectivity index (χ4v) is 2.14. The van der Waals surface area contributed by atoms with Gasteiger partial charge in [-0.1, -0.05) is 13.8 Å². The minimum Gasteiger partial charge on any atom is -0.317 e. The largest absolute Gasteiger partial charge is 0.317 e. The summed E-state index contributed by atoms with van der Waals surface area (Å²) in [7, 11) is -0.840. The van der Waals surface area contributed by atoms with Gasteiger partial charge >= 0.3 is 0 Å². The summed E-state index contributed by atoms with van der Waals surface area (Å²) in [6, 6.07) is 0.465. The first kappa shape index (κ1) is 12.9. The molecule has 80 valence electrons. The molecule has 0 rings (SSSR count). The molecular weight excluding hydrogens is 186 g/mol. The molecule has 0 saturated carbocycles. The lowest BCUT2D eigenvalue weighted by Crippen LogP contribution is -2.25. The second-order valence-electron chi connectivity index (χ2n) is 3.27. The molecule has 0 aliphatic heterocycles. The van der Waals surface area contributed by atoms with Gasteiger partial charge in [-0.3, -0.25) is 0 Å². The second kappa shape index (κ2) is 6.38. The topological polar surface area (TPSA) is 46.2 Å². The van der Waals surface area contributed by atoms with Crippen molar-refractivity contribution in [2.45, 2.75) is 39.2 Å². The summed E-state index contributed by atoms with van der Waals surface area (Å²) >= 11 is 0. The third kappa shape index (κ3) is 6.05. The molecule has 0 spiro atoms. The van der Waals surface area contributed by atoms with E-state index in [1.807, 2.05) is 7.05 Å². The van der Waals surface area contributed by atoms with Crippen LogP contribution in [0, 0.1) is 0 Å². The molecule has 0 fully saturated rings. The lowest BCUT2D eigenvalue weighted by atomic mass is 10.1. The van der Waals surface area contributed by atoms with Crippen LogP contribution in [0.4, 0.5) is 0 Å². The summed E-state index contributed by atoms with van der Waals surface area (Å²) in [5.41, 5.74) is 0. The molecule has 0 aliphatic carbocycles. The van der Waals surface area contributed by atoms with E-state index in [4.69, 9.17) is 0 Å². The maximum absolute atomic E-state index is 11.1. The first-order valence-electron chi connectivity index (χ1n) is 4.93. The Hall–Kier alpha value is -0.0900. The number of sulfone groups is 1. The first-order chi connectivity index (χ1) is 6.05. The van der Waals surface area contributed by atoms with Crippen LogP contribution in [0.2, 0.25) is 0 Å². The normalized spacial score (nSPS) is 14.4. The molecule has 0 aromatic carbocycles. The smallest absolute Gasteiger partial charge is 0.150 e. The Morgan fingerprint density at radius 3 is 2.31 bits per heavy atom. The Labute approximate surface area is 81.8 Å². The lowest BCUT2D eigenvalue weighted by Gasteiger charge is -2.12. The molecule has 0 aromatic heterocycles. The van der Waals surface area contributed by atoms with Gasteiger partial charge in [-0.25, -0.2) is 8.42 Å². The molecule has 1 unspecified atom stereocenters. The predicted molar refractivity (Wildman–Crippen MR) is 56.7 cm³/mol. The van der Waals surface area contributed by atoms with Gasteiger partial charge in [-0.15, -0.1) is 0 Å². The van der Waals surface area contributed by atoms with Gasteiger partial charge in [0.2, 0.25) is 0 Å². The zero-order chi connectivity index (χ0) is 10.3. The van der Waals surface area contributed by atoms with Crippen LogP contribution < -0.4 is 5.32 Å². The van der Waals surface area contributed by atoms with E-state index in [9.17, 15) is 8.42 Å². The highest BCUT2D eigenvalue weighted by atomic mass is 32.2. The van der Waals surface area contributed by atoms with E-state index in [2.05, 4.69) is 12.2 Å². The summed E-state index contributed by atoms with van der Waals surface area (Å²) in [4.78, 5) is 0. The van der Waals surface area contributed by atoms with Gasteiger partial charge in [-0.05, 0) is 26.3 Å². The number of rotatable bonds is 7. The number of hydrogen-bond donors (Lipinski definition) is 1. The highest BCUT2D eigenvalue weighted by molar-refractivity contribution is 7.91. The maximum Gasteiger partial charge on any atom is 0.150 e. The molecule has 3 nitrogen and oxygen atoms in total. The molecule has 13 heavy (non-hydrogen) atoms. The van der Waals surface area contributed by atoms with Crippen molar-refractivity contribution in [3.63, 3.8) is 0 Å². The van der Waals surface area contributed by atoms with E-state index in [0.29, 0.717) is 11.8 Å². The van der Waals surface area contributed by atoms with Crippen LogP contribution in [0.1, 0.15) is 33.1 Å². The molecule has 0 radical (unpaired) electrons. The SMILES string of the molecule is CCC(CCCS(=O)(=O)CC)NC. The second-order valence-corrected chi connectivity index (χ2v) is 5.75. The molecular formula is C9H21NO2S. The predicted octanol–water partition coefficient (Wildman–Crippen LogP) is 1.20. The van der Waals surface area contributed by atoms with Crippen molar-refractivity contribution in [3.8, 4) is 0 Å². The standard InChI is InChI=1S/C9H21NO2S/c1-4-9(10-3)7-6-8-13(11,12)5-2/h9-10H,4-8H2,1-3H3. The Kier molecular flexibility index (Phi) is 6.33. The zero-order valence-corrected chi connectivity index (χ0v) is 9.65. The number of nitrogens with one attached hydrogen (secondary N) is 1. The van der Waals surface area contributed by atoms with E-state index in [1.165, 1.54) is 0 Å². The van der Waals surface area contributed by atoms with E-state index < -0.39 is 9.84 Å². The highest BCUT2D eigenvalue weighted by Crippen LogP contribution is 2.03. The van der Waals surface area contributed by atoms with Crippen LogP contribution in [-0.4, -0.2) is 33.0 Å². The van der Waals surface area contributed by atoms with Gasteiger partial charge in [0, 0.05) is 11.8 Å². The van der Waals surface area contributed by atoms with Gasteiger partial charge in [0.05, 0.1) is 5.75 Å². The molecule has 0 aliphatic rings. The van der Waals surface area contributed by atoms with Crippen molar-refractivity contribution in [2.75, 3.05) is 18.6 Å². The molecule has 1 N–H and O–H groups in total. The fourth-order valence-electron chi connectivity index (χ4n) is 1.25. The van der Waals surface area contributed by atoms with Crippen LogP contribution in [0.15, 0.2) is 0 Å². The minimum absolute atomic E-state index is 0.267. The van der Waals surface area contributed by atoms with Crippen molar-refractivity contribution >= 4 is 9.84 Å². The molecule has 1 atom stereocenters. The van der Waals surface area contributed by atoms with Gasteiger partial charge < -0.3 is 5.32 Å². The Balaban J connectivity index is 3.67. The third-order valence-corrected chi connectivity index (χ3v) is 4.14. The van der Waals surface area contributed by atoms with Crippen LogP contribution in [0.3, 0.4) is 0 Å². The van der Waals surface area contributed by atoms with E-state index in [0.717, 1.165) is 19.3 Å². The van der Waals surface area contributed by atoms with Gasteiger partial charge in [0.1, 0.15) is 9.84 Å². The summed E-state index contributed by atoms with van der Waals surface area (Å²) in [6.45, 7) is 3.81. The van der Waals surface area contributed by atoms with Crippen molar-refractivity contribution in [1.82, 2.24) is 5.32 Å². The van der Waals surface area contributed by atoms with E-state index >= 15 is 0 Å². The Morgan fingerprint density at radius 1 is 1.31 bits per heavy atom. The molecule has 4 heteroatoms. The summed E-state index contributed by atoms with van der Waals surface area (Å²) in [5.74, 6) is 0.602. The van der Waals surface area contributed by atoms with Crippen LogP contribution in [0.25, 0.3) is 0 Å². The van der Waals surface area contributed by atoms with Gasteiger partial charge in [0.15, 0.2) is 0 Å².